The van der Waals surface area contributed by atoms with Gasteiger partial charge in [0.25, 0.3) is 0 Å². The molecule has 1 fully saturated rings. The predicted octanol–water partition coefficient (Wildman–Crippen LogP) is -0.846. The Balaban J connectivity index is 1.97. The molecule has 0 aromatic carbocycles. The molecule has 2 rings (SSSR count). The summed E-state index contributed by atoms with van der Waals surface area (Å²) in [5, 5.41) is 11.8. The van der Waals surface area contributed by atoms with E-state index in [4.69, 9.17) is 10.8 Å². The summed E-state index contributed by atoms with van der Waals surface area (Å²) < 4.78 is 1.67. The van der Waals surface area contributed by atoms with E-state index in [9.17, 15) is 4.79 Å². The molecule has 1 saturated carbocycles. The average Bonchev–Trinajstić information content (AvgIpc) is 2.94. The molecule has 4 N–H and O–H groups in total. The Kier molecular flexibility index (Phi) is 3.21. The first-order valence-corrected chi connectivity index (χ1v) is 5.36. The van der Waals surface area contributed by atoms with Crippen LogP contribution in [0.15, 0.2) is 12.5 Å². The number of nitrogens with one attached hydrogen (secondary N) is 1. The van der Waals surface area contributed by atoms with E-state index in [0.717, 1.165) is 12.8 Å². The number of hydrogen-bond acceptors (Lipinski definition) is 4. The number of nitrogens with two attached hydrogens (primary N) is 1. The Morgan fingerprint density at radius 2 is 2.50 bits per heavy atom. The second-order valence-electron chi connectivity index (χ2n) is 4.08. The lowest BCUT2D eigenvalue weighted by Crippen LogP contribution is -2.30. The Hall–Kier alpha value is -1.40. The number of imidazole rings is 1. The predicted molar refractivity (Wildman–Crippen MR) is 57.4 cm³/mol. The molecule has 88 valence electrons. The number of carbonyl (C=O) groups is 1. The third kappa shape index (κ3) is 2.59. The van der Waals surface area contributed by atoms with Crippen molar-refractivity contribution >= 4 is 5.91 Å². The molecular formula is C10H16N4O2. The third-order valence-electron chi connectivity index (χ3n) is 2.58. The summed E-state index contributed by atoms with van der Waals surface area (Å²) in [5.74, 6) is -0.0353. The van der Waals surface area contributed by atoms with Crippen LogP contribution in [0.5, 0.6) is 0 Å². The van der Waals surface area contributed by atoms with Gasteiger partial charge in [-0.2, -0.15) is 0 Å². The van der Waals surface area contributed by atoms with Crippen molar-refractivity contribution < 1.29 is 9.90 Å². The van der Waals surface area contributed by atoms with Crippen LogP contribution < -0.4 is 11.1 Å². The van der Waals surface area contributed by atoms with Gasteiger partial charge in [-0.25, -0.2) is 4.98 Å². The Labute approximate surface area is 93.5 Å². The van der Waals surface area contributed by atoms with Gasteiger partial charge >= 0.3 is 0 Å². The summed E-state index contributed by atoms with van der Waals surface area (Å²) in [6.45, 7) is 0.0511. The molecule has 1 unspecified atom stereocenters. The van der Waals surface area contributed by atoms with Crippen molar-refractivity contribution in [2.45, 2.75) is 31.5 Å². The van der Waals surface area contributed by atoms with Crippen molar-refractivity contribution in [3.05, 3.63) is 18.2 Å². The van der Waals surface area contributed by atoms with Crippen molar-refractivity contribution in [1.82, 2.24) is 14.9 Å². The van der Waals surface area contributed by atoms with Gasteiger partial charge in [-0.3, -0.25) is 4.79 Å². The molecule has 0 radical (unpaired) electrons. The van der Waals surface area contributed by atoms with Crippen molar-refractivity contribution in [3.63, 3.8) is 0 Å². The molecule has 16 heavy (non-hydrogen) atoms. The standard InChI is InChI=1S/C10H16N4O2/c11-8(5-15)9-3-12-6-14(9)4-10(16)13-7-1-2-7/h3,6-8,15H,1-2,4-5,11H2,(H,13,16). The first-order chi connectivity index (χ1) is 7.70. The summed E-state index contributed by atoms with van der Waals surface area (Å²) >= 11 is 0. The molecule has 1 aromatic rings. The molecule has 1 aromatic heterocycles. The molecule has 6 heteroatoms. The number of hydrogen-bond donors (Lipinski definition) is 3. The Morgan fingerprint density at radius 1 is 1.75 bits per heavy atom. The summed E-state index contributed by atoms with van der Waals surface area (Å²) in [6, 6.07) is -0.137. The van der Waals surface area contributed by atoms with E-state index in [-0.39, 0.29) is 19.1 Å². The number of carbonyl (C=O) groups excluding carboxylic acids is 1. The average molecular weight is 224 g/mol. The summed E-state index contributed by atoms with van der Waals surface area (Å²) in [4.78, 5) is 15.5. The minimum absolute atomic E-state index is 0.0353. The highest BCUT2D eigenvalue weighted by Crippen LogP contribution is 2.18. The van der Waals surface area contributed by atoms with E-state index in [0.29, 0.717) is 11.7 Å². The zero-order chi connectivity index (χ0) is 11.5. The summed E-state index contributed by atoms with van der Waals surface area (Å²) in [7, 11) is 0. The van der Waals surface area contributed by atoms with Crippen molar-refractivity contribution in [1.29, 1.82) is 0 Å². The van der Waals surface area contributed by atoms with Crippen LogP contribution in [-0.2, 0) is 11.3 Å². The fourth-order valence-corrected chi connectivity index (χ4v) is 1.52. The number of amides is 1. The summed E-state index contributed by atoms with van der Waals surface area (Å²) in [5.41, 5.74) is 6.36. The quantitative estimate of drug-likeness (QED) is 0.607. The highest BCUT2D eigenvalue weighted by atomic mass is 16.3. The summed E-state index contributed by atoms with van der Waals surface area (Å²) in [6.07, 6.45) is 5.26. The number of aliphatic hydroxyl groups excluding tert-OH is 1. The van der Waals surface area contributed by atoms with Crippen molar-refractivity contribution in [3.8, 4) is 0 Å². The lowest BCUT2D eigenvalue weighted by atomic mass is 10.2. The van der Waals surface area contributed by atoms with Gasteiger partial charge in [0.15, 0.2) is 0 Å². The zero-order valence-electron chi connectivity index (χ0n) is 8.97. The van der Waals surface area contributed by atoms with Crippen molar-refractivity contribution in [2.75, 3.05) is 6.61 Å². The van der Waals surface area contributed by atoms with Gasteiger partial charge in [-0.15, -0.1) is 0 Å². The zero-order valence-corrected chi connectivity index (χ0v) is 8.97. The van der Waals surface area contributed by atoms with E-state index < -0.39 is 6.04 Å². The van der Waals surface area contributed by atoms with Crippen LogP contribution in [0, 0.1) is 0 Å². The van der Waals surface area contributed by atoms with Gasteiger partial charge in [-0.1, -0.05) is 0 Å². The molecule has 6 nitrogen and oxygen atoms in total. The van der Waals surface area contributed by atoms with Gasteiger partial charge in [0.1, 0.15) is 6.54 Å². The molecule has 0 bridgehead atoms. The maximum absolute atomic E-state index is 11.6. The molecule has 1 heterocycles. The lowest BCUT2D eigenvalue weighted by Gasteiger charge is -2.12. The normalized spacial score (nSPS) is 17.1. The van der Waals surface area contributed by atoms with E-state index in [1.165, 1.54) is 0 Å². The van der Waals surface area contributed by atoms with Gasteiger partial charge in [-0.05, 0) is 12.8 Å². The maximum Gasteiger partial charge on any atom is 0.240 e. The molecule has 0 aliphatic heterocycles. The molecule has 1 aliphatic carbocycles. The first kappa shape index (κ1) is 11.1. The number of rotatable bonds is 5. The molecule has 0 spiro atoms. The number of aromatic nitrogens is 2. The number of aliphatic hydroxyl groups is 1. The van der Waals surface area contributed by atoms with E-state index in [1.807, 2.05) is 0 Å². The van der Waals surface area contributed by atoms with Crippen LogP contribution in [0.4, 0.5) is 0 Å². The Bertz CT molecular complexity index is 373. The maximum atomic E-state index is 11.6. The lowest BCUT2D eigenvalue weighted by molar-refractivity contribution is -0.121. The Morgan fingerprint density at radius 3 is 3.12 bits per heavy atom. The van der Waals surface area contributed by atoms with Gasteiger partial charge < -0.3 is 20.7 Å². The van der Waals surface area contributed by atoms with Crippen LogP contribution in [0.2, 0.25) is 0 Å². The molecule has 0 saturated heterocycles. The highest BCUT2D eigenvalue weighted by molar-refractivity contribution is 5.76. The fourth-order valence-electron chi connectivity index (χ4n) is 1.52. The van der Waals surface area contributed by atoms with E-state index >= 15 is 0 Å². The van der Waals surface area contributed by atoms with Gasteiger partial charge in [0.05, 0.1) is 24.7 Å². The second-order valence-corrected chi connectivity index (χ2v) is 4.08. The van der Waals surface area contributed by atoms with Gasteiger partial charge in [0, 0.05) is 12.2 Å². The molecule has 1 atom stereocenters. The third-order valence-corrected chi connectivity index (χ3v) is 2.58. The van der Waals surface area contributed by atoms with Crippen molar-refractivity contribution in [2.24, 2.45) is 5.73 Å². The largest absolute Gasteiger partial charge is 0.394 e. The minimum atomic E-state index is -0.490. The number of nitrogens with zero attached hydrogens (tertiary/aromatic N) is 2. The van der Waals surface area contributed by atoms with Crippen LogP contribution >= 0.6 is 0 Å². The second kappa shape index (κ2) is 4.63. The minimum Gasteiger partial charge on any atom is -0.394 e. The van der Waals surface area contributed by atoms with Gasteiger partial charge in [0.2, 0.25) is 5.91 Å². The molecular weight excluding hydrogens is 208 g/mol. The topological polar surface area (TPSA) is 93.2 Å². The SMILES string of the molecule is NC(CO)c1cncn1CC(=O)NC1CC1. The smallest absolute Gasteiger partial charge is 0.240 e. The van der Waals surface area contributed by atoms with E-state index in [1.54, 1.807) is 17.1 Å². The first-order valence-electron chi connectivity index (χ1n) is 5.36. The van der Waals surface area contributed by atoms with Crippen LogP contribution in [0.1, 0.15) is 24.6 Å². The molecule has 1 aliphatic rings. The van der Waals surface area contributed by atoms with Crippen LogP contribution in [0.3, 0.4) is 0 Å². The fraction of sp³-hybridized carbons (Fsp3) is 0.600. The van der Waals surface area contributed by atoms with Crippen LogP contribution in [-0.4, -0.2) is 33.2 Å². The highest BCUT2D eigenvalue weighted by Gasteiger charge is 2.23. The van der Waals surface area contributed by atoms with E-state index in [2.05, 4.69) is 10.3 Å². The van der Waals surface area contributed by atoms with Crippen LogP contribution in [0.25, 0.3) is 0 Å². The molecule has 1 amide bonds. The monoisotopic (exact) mass is 224 g/mol.